The van der Waals surface area contributed by atoms with E-state index in [0.717, 1.165) is 11.5 Å². The third kappa shape index (κ3) is 31.1. The fourth-order valence-corrected chi connectivity index (χ4v) is 9.74. The van der Waals surface area contributed by atoms with Crippen molar-refractivity contribution in [3.8, 4) is 0 Å². The van der Waals surface area contributed by atoms with Gasteiger partial charge in [-0.25, -0.2) is 9.13 Å². The maximum absolute atomic E-state index is 2.39. The van der Waals surface area contributed by atoms with Crippen molar-refractivity contribution in [1.82, 2.24) is 0 Å². The van der Waals surface area contributed by atoms with Gasteiger partial charge in [0.15, 0.2) is 24.8 Å². The fraction of sp³-hybridized carbons (Fsp3) is 0.800. The van der Waals surface area contributed by atoms with Crippen LogP contribution in [0.4, 0.5) is 0 Å². The highest BCUT2D eigenvalue weighted by Gasteiger charge is 2.04. The van der Waals surface area contributed by atoms with E-state index in [1.54, 1.807) is 0 Å². The number of aromatic nitrogens is 2. The van der Waals surface area contributed by atoms with Gasteiger partial charge >= 0.3 is 0 Å². The standard InChI is InChI=1S/C50H90N2S2/c1-3-5-7-9-11-13-15-17-19-21-23-25-27-29-31-33-39-51-41-35-49(36-42-51)47-53-45-46-54-48-50-37-43-52(44-38-50)40-34-32-30-28-26-24-22-20-18-16-14-12-10-8-6-4-2/h35-38,41-44H,3-34,39-40,45-48H2,1-2H3/q+2. The van der Waals surface area contributed by atoms with Crippen LogP contribution in [0, 0.1) is 0 Å². The maximum atomic E-state index is 2.39. The minimum absolute atomic E-state index is 1.13. The monoisotopic (exact) mass is 783 g/mol. The summed E-state index contributed by atoms with van der Waals surface area (Å²) in [7, 11) is 0. The van der Waals surface area contributed by atoms with Gasteiger partial charge in [0.2, 0.25) is 0 Å². The number of unbranched alkanes of at least 4 members (excludes halogenated alkanes) is 30. The molecular formula is C50H90N2S2+2. The Morgan fingerprint density at radius 2 is 0.537 bits per heavy atom. The number of pyridine rings is 2. The molecule has 0 amide bonds. The first-order valence-corrected chi connectivity index (χ1v) is 26.2. The van der Waals surface area contributed by atoms with Gasteiger partial charge in [-0.05, 0) is 24.0 Å². The number of hydrogen-bond donors (Lipinski definition) is 0. The molecule has 310 valence electrons. The summed E-state index contributed by atoms with van der Waals surface area (Å²) in [6, 6.07) is 9.36. The zero-order chi connectivity index (χ0) is 38.3. The van der Waals surface area contributed by atoms with Crippen molar-refractivity contribution in [2.75, 3.05) is 11.5 Å². The van der Waals surface area contributed by atoms with E-state index in [-0.39, 0.29) is 0 Å². The van der Waals surface area contributed by atoms with Crippen LogP contribution in [-0.2, 0) is 24.6 Å². The molecule has 0 fully saturated rings. The normalized spacial score (nSPS) is 11.5. The first-order chi connectivity index (χ1) is 26.8. The third-order valence-electron chi connectivity index (χ3n) is 11.4. The van der Waals surface area contributed by atoms with Gasteiger partial charge in [0.05, 0.1) is 0 Å². The van der Waals surface area contributed by atoms with Crippen molar-refractivity contribution in [2.45, 2.75) is 244 Å². The van der Waals surface area contributed by atoms with Crippen LogP contribution in [0.3, 0.4) is 0 Å². The van der Waals surface area contributed by atoms with Crippen molar-refractivity contribution < 1.29 is 9.13 Å². The van der Waals surface area contributed by atoms with E-state index in [1.807, 2.05) is 0 Å². The van der Waals surface area contributed by atoms with Crippen molar-refractivity contribution in [3.63, 3.8) is 0 Å². The molecule has 0 radical (unpaired) electrons. The third-order valence-corrected chi connectivity index (χ3v) is 13.7. The van der Waals surface area contributed by atoms with E-state index in [1.165, 1.54) is 241 Å². The van der Waals surface area contributed by atoms with E-state index in [2.05, 4.69) is 95.6 Å². The highest BCUT2D eigenvalue weighted by molar-refractivity contribution is 8.02. The van der Waals surface area contributed by atoms with Crippen LogP contribution in [0.5, 0.6) is 0 Å². The van der Waals surface area contributed by atoms with Gasteiger partial charge in [0.25, 0.3) is 0 Å². The Morgan fingerprint density at radius 1 is 0.315 bits per heavy atom. The van der Waals surface area contributed by atoms with E-state index in [0.29, 0.717) is 0 Å². The molecule has 0 spiro atoms. The Bertz CT molecular complexity index is 940. The lowest BCUT2D eigenvalue weighted by molar-refractivity contribution is -0.697. The summed E-state index contributed by atoms with van der Waals surface area (Å²) >= 11 is 4.16. The predicted molar refractivity (Wildman–Crippen MR) is 245 cm³/mol. The summed E-state index contributed by atoms with van der Waals surface area (Å²) < 4.78 is 4.77. The van der Waals surface area contributed by atoms with Crippen LogP contribution in [0.1, 0.15) is 230 Å². The van der Waals surface area contributed by atoms with E-state index < -0.39 is 0 Å². The van der Waals surface area contributed by atoms with Gasteiger partial charge in [-0.1, -0.05) is 194 Å². The summed E-state index contributed by atoms with van der Waals surface area (Å²) in [5, 5.41) is 0. The van der Waals surface area contributed by atoms with Crippen molar-refractivity contribution in [2.24, 2.45) is 0 Å². The van der Waals surface area contributed by atoms with E-state index in [9.17, 15) is 0 Å². The van der Waals surface area contributed by atoms with Crippen LogP contribution in [0.15, 0.2) is 49.1 Å². The average molecular weight is 783 g/mol. The molecule has 2 rings (SSSR count). The molecule has 0 unspecified atom stereocenters. The van der Waals surface area contributed by atoms with Crippen molar-refractivity contribution in [1.29, 1.82) is 0 Å². The lowest BCUT2D eigenvalue weighted by atomic mass is 10.0. The second-order valence-electron chi connectivity index (χ2n) is 16.6. The molecule has 0 saturated carbocycles. The molecule has 0 saturated heterocycles. The first-order valence-electron chi connectivity index (χ1n) is 23.9. The molecule has 54 heavy (non-hydrogen) atoms. The van der Waals surface area contributed by atoms with Crippen molar-refractivity contribution >= 4 is 23.5 Å². The molecule has 2 aromatic heterocycles. The molecule has 0 aliphatic heterocycles. The number of aryl methyl sites for hydroxylation is 2. The van der Waals surface area contributed by atoms with Gasteiger partial charge in [-0.3, -0.25) is 0 Å². The quantitative estimate of drug-likeness (QED) is 0.0490. The van der Waals surface area contributed by atoms with Gasteiger partial charge in [-0.2, -0.15) is 23.5 Å². The number of rotatable bonds is 41. The Hall–Kier alpha value is -1.00. The van der Waals surface area contributed by atoms with Gasteiger partial charge in [-0.15, -0.1) is 0 Å². The lowest BCUT2D eigenvalue weighted by Gasteiger charge is -2.04. The molecular weight excluding hydrogens is 693 g/mol. The number of hydrogen-bond acceptors (Lipinski definition) is 2. The van der Waals surface area contributed by atoms with Gasteiger partial charge in [0, 0.05) is 60.1 Å². The minimum atomic E-state index is 1.13. The van der Waals surface area contributed by atoms with E-state index in [4.69, 9.17) is 0 Å². The number of nitrogens with zero attached hydrogens (tertiary/aromatic N) is 2. The second-order valence-corrected chi connectivity index (χ2v) is 18.8. The largest absolute Gasteiger partial charge is 0.205 e. The molecule has 0 N–H and O–H groups in total. The summed E-state index contributed by atoms with van der Waals surface area (Å²) in [6.45, 7) is 6.95. The second kappa shape index (κ2) is 38.9. The smallest absolute Gasteiger partial charge is 0.169 e. The van der Waals surface area contributed by atoms with Crippen LogP contribution < -0.4 is 9.13 Å². The molecule has 2 heterocycles. The topological polar surface area (TPSA) is 7.76 Å². The fourth-order valence-electron chi connectivity index (χ4n) is 7.65. The average Bonchev–Trinajstić information content (AvgIpc) is 3.20. The molecule has 0 bridgehead atoms. The van der Waals surface area contributed by atoms with Crippen LogP contribution in [0.2, 0.25) is 0 Å². The highest BCUT2D eigenvalue weighted by atomic mass is 32.2. The minimum Gasteiger partial charge on any atom is -0.205 e. The molecule has 0 aromatic carbocycles. The Morgan fingerprint density at radius 3 is 0.778 bits per heavy atom. The first kappa shape index (κ1) is 49.1. The molecule has 4 heteroatoms. The molecule has 2 nitrogen and oxygen atoms in total. The maximum Gasteiger partial charge on any atom is 0.169 e. The Kier molecular flexibility index (Phi) is 35.4. The summed E-state index contributed by atoms with van der Waals surface area (Å²) in [5.74, 6) is 4.71. The number of thioether (sulfide) groups is 2. The zero-order valence-electron chi connectivity index (χ0n) is 36.2. The van der Waals surface area contributed by atoms with Gasteiger partial charge < -0.3 is 0 Å². The zero-order valence-corrected chi connectivity index (χ0v) is 37.8. The molecule has 0 atom stereocenters. The van der Waals surface area contributed by atoms with Crippen molar-refractivity contribution in [3.05, 3.63) is 60.2 Å². The summed E-state index contributed by atoms with van der Waals surface area (Å²) in [5.41, 5.74) is 2.93. The van der Waals surface area contributed by atoms with Crippen LogP contribution in [0.25, 0.3) is 0 Å². The van der Waals surface area contributed by atoms with Gasteiger partial charge in [0.1, 0.15) is 13.1 Å². The Labute approximate surface area is 346 Å². The summed E-state index contributed by atoms with van der Waals surface area (Å²) in [4.78, 5) is 0. The molecule has 0 aliphatic rings. The molecule has 0 aliphatic carbocycles. The SMILES string of the molecule is CCCCCCCCCCCCCCCCCC[n+]1ccc(CSCCSCc2cc[n+](CCCCCCCCCCCCCCCCCC)cc2)cc1. The van der Waals surface area contributed by atoms with Crippen LogP contribution >= 0.6 is 23.5 Å². The molecule has 2 aromatic rings. The predicted octanol–water partition coefficient (Wildman–Crippen LogP) is 16.0. The summed E-state index contributed by atoms with van der Waals surface area (Å²) in [6.07, 6.45) is 55.1. The highest BCUT2D eigenvalue weighted by Crippen LogP contribution is 2.18. The lowest BCUT2D eigenvalue weighted by Crippen LogP contribution is -2.32. The van der Waals surface area contributed by atoms with Crippen LogP contribution in [-0.4, -0.2) is 11.5 Å². The Balaban J connectivity index is 1.33. The van der Waals surface area contributed by atoms with E-state index >= 15 is 0 Å².